The van der Waals surface area contributed by atoms with Gasteiger partial charge >= 0.3 is 6.18 Å². The van der Waals surface area contributed by atoms with Gasteiger partial charge in [0.1, 0.15) is 0 Å². The van der Waals surface area contributed by atoms with Gasteiger partial charge in [-0.05, 0) is 6.07 Å². The van der Waals surface area contributed by atoms with E-state index in [0.29, 0.717) is 15.7 Å². The molecule has 8 heteroatoms. The van der Waals surface area contributed by atoms with Gasteiger partial charge in [0.05, 0.1) is 15.7 Å². The molecule has 0 bridgehead atoms. The number of aliphatic hydroxyl groups is 1. The Morgan fingerprint density at radius 3 is 2.59 bits per heavy atom. The second-order valence-electron chi connectivity index (χ2n) is 3.15. The monoisotopic (exact) mass is 305 g/mol. The van der Waals surface area contributed by atoms with Gasteiger partial charge in [0, 0.05) is 17.7 Å². The first kappa shape index (κ1) is 14.9. The average Bonchev–Trinajstić information content (AvgIpc) is 2.19. The Balaban J connectivity index is 2.46. The summed E-state index contributed by atoms with van der Waals surface area (Å²) in [5.74, 6) is -0.271. The summed E-state index contributed by atoms with van der Waals surface area (Å²) in [5.41, 5.74) is 0.440. The van der Waals surface area contributed by atoms with Crippen molar-refractivity contribution in [3.05, 3.63) is 28.0 Å². The summed E-state index contributed by atoms with van der Waals surface area (Å²) in [6.07, 6.45) is -5.56. The van der Waals surface area contributed by atoms with Crippen LogP contribution in [0.25, 0.3) is 0 Å². The first-order chi connectivity index (χ1) is 7.80. The van der Waals surface area contributed by atoms with Crippen molar-refractivity contribution >= 4 is 35.0 Å². The highest BCUT2D eigenvalue weighted by Gasteiger charge is 2.37. The van der Waals surface area contributed by atoms with E-state index in [9.17, 15) is 13.2 Å². The molecule has 0 saturated carbocycles. The fourth-order valence-electron chi connectivity index (χ4n) is 0.911. The van der Waals surface area contributed by atoms with Crippen LogP contribution in [0.1, 0.15) is 5.69 Å². The lowest BCUT2D eigenvalue weighted by atomic mass is 10.4. The van der Waals surface area contributed by atoms with Gasteiger partial charge in [-0.3, -0.25) is 4.98 Å². The van der Waals surface area contributed by atoms with Crippen LogP contribution in [0.15, 0.2) is 12.3 Å². The fourth-order valence-corrected chi connectivity index (χ4v) is 2.39. The molecule has 0 spiro atoms. The first-order valence-electron chi connectivity index (χ1n) is 4.43. The number of thioether (sulfide) groups is 1. The second-order valence-corrected chi connectivity index (χ2v) is 5.03. The molecule has 0 aromatic carbocycles. The van der Waals surface area contributed by atoms with Crippen LogP contribution in [0.5, 0.6) is 0 Å². The van der Waals surface area contributed by atoms with Gasteiger partial charge in [0.25, 0.3) is 0 Å². The zero-order chi connectivity index (χ0) is 13.1. The largest absolute Gasteiger partial charge is 0.415 e. The molecular weight excluding hydrogens is 298 g/mol. The first-order valence-corrected chi connectivity index (χ1v) is 6.34. The van der Waals surface area contributed by atoms with Crippen molar-refractivity contribution < 1.29 is 18.3 Å². The zero-order valence-corrected chi connectivity index (χ0v) is 10.7. The van der Waals surface area contributed by atoms with Crippen LogP contribution >= 0.6 is 35.0 Å². The number of hydrogen-bond acceptors (Lipinski definition) is 3. The molecule has 1 aromatic heterocycles. The maximum Gasteiger partial charge on any atom is 0.415 e. The van der Waals surface area contributed by atoms with Gasteiger partial charge in [-0.15, -0.1) is 0 Å². The van der Waals surface area contributed by atoms with Crippen molar-refractivity contribution in [3.63, 3.8) is 0 Å². The van der Waals surface area contributed by atoms with Gasteiger partial charge in [-0.2, -0.15) is 24.9 Å². The number of nitrogens with zero attached hydrogens (tertiary/aromatic N) is 1. The molecular formula is C9H8Cl2F3NOS. The normalized spacial score (nSPS) is 13.8. The minimum atomic E-state index is -4.59. The predicted molar refractivity (Wildman–Crippen MR) is 62.5 cm³/mol. The molecule has 0 fully saturated rings. The number of aromatic nitrogens is 1. The Morgan fingerprint density at radius 1 is 1.41 bits per heavy atom. The average molecular weight is 306 g/mol. The van der Waals surface area contributed by atoms with Crippen LogP contribution in [-0.4, -0.2) is 28.1 Å². The van der Waals surface area contributed by atoms with E-state index in [1.165, 1.54) is 12.3 Å². The highest BCUT2D eigenvalue weighted by molar-refractivity contribution is 7.98. The van der Waals surface area contributed by atoms with Crippen LogP contribution in [0, 0.1) is 0 Å². The topological polar surface area (TPSA) is 33.1 Å². The summed E-state index contributed by atoms with van der Waals surface area (Å²) in [4.78, 5) is 3.89. The third kappa shape index (κ3) is 4.91. The SMILES string of the molecule is O[C@@H](CSCc1ncc(Cl)cc1Cl)C(F)(F)F. The molecule has 0 aliphatic rings. The fraction of sp³-hybridized carbons (Fsp3) is 0.444. The summed E-state index contributed by atoms with van der Waals surface area (Å²) < 4.78 is 36.0. The lowest BCUT2D eigenvalue weighted by Crippen LogP contribution is -2.30. The van der Waals surface area contributed by atoms with Crippen LogP contribution in [0.2, 0.25) is 10.0 Å². The highest BCUT2D eigenvalue weighted by atomic mass is 35.5. The van der Waals surface area contributed by atoms with Gasteiger partial charge in [-0.25, -0.2) is 0 Å². The molecule has 1 aromatic rings. The van der Waals surface area contributed by atoms with E-state index in [0.717, 1.165) is 11.8 Å². The Hall–Kier alpha value is -0.170. The Labute approximate surface area is 110 Å². The lowest BCUT2D eigenvalue weighted by Gasteiger charge is -2.13. The number of alkyl halides is 3. The van der Waals surface area contributed by atoms with E-state index in [2.05, 4.69) is 4.98 Å². The Kier molecular flexibility index (Phi) is 5.37. The molecule has 17 heavy (non-hydrogen) atoms. The summed E-state index contributed by atoms with van der Waals surface area (Å²) in [6.45, 7) is 0. The second kappa shape index (κ2) is 6.13. The molecule has 1 rings (SSSR count). The van der Waals surface area contributed by atoms with E-state index < -0.39 is 18.0 Å². The predicted octanol–water partition coefficient (Wildman–Crippen LogP) is 3.54. The van der Waals surface area contributed by atoms with Crippen molar-refractivity contribution in [2.75, 3.05) is 5.75 Å². The van der Waals surface area contributed by atoms with E-state index in [4.69, 9.17) is 28.3 Å². The van der Waals surface area contributed by atoms with Crippen molar-refractivity contribution in [2.45, 2.75) is 18.0 Å². The number of pyridine rings is 1. The van der Waals surface area contributed by atoms with Crippen molar-refractivity contribution in [2.24, 2.45) is 0 Å². The smallest absolute Gasteiger partial charge is 0.383 e. The van der Waals surface area contributed by atoms with Crippen LogP contribution in [0.3, 0.4) is 0 Å². The third-order valence-corrected chi connectivity index (χ3v) is 3.34. The number of halogens is 5. The summed E-state index contributed by atoms with van der Waals surface area (Å²) in [6, 6.07) is 1.46. The Bertz CT molecular complexity index is 389. The van der Waals surface area contributed by atoms with E-state index >= 15 is 0 Å². The molecule has 1 heterocycles. The molecule has 0 radical (unpaired) electrons. The third-order valence-electron chi connectivity index (χ3n) is 1.78. The van der Waals surface area contributed by atoms with Gasteiger partial charge in [-0.1, -0.05) is 23.2 Å². The zero-order valence-electron chi connectivity index (χ0n) is 8.34. The summed E-state index contributed by atoms with van der Waals surface area (Å²) in [5, 5.41) is 9.41. The van der Waals surface area contributed by atoms with Crippen molar-refractivity contribution in [1.29, 1.82) is 0 Å². The van der Waals surface area contributed by atoms with Crippen LogP contribution in [-0.2, 0) is 5.75 Å². The van der Waals surface area contributed by atoms with E-state index in [-0.39, 0.29) is 5.75 Å². The van der Waals surface area contributed by atoms with E-state index in [1.54, 1.807) is 0 Å². The molecule has 0 amide bonds. The number of aliphatic hydroxyl groups excluding tert-OH is 1. The molecule has 0 saturated heterocycles. The standard InChI is InChI=1S/C9H8Cl2F3NOS/c10-5-1-6(11)7(15-2-5)3-17-4-8(16)9(12,13)14/h1-2,8,16H,3-4H2/t8-/m0/s1. The van der Waals surface area contributed by atoms with E-state index in [1.807, 2.05) is 0 Å². The summed E-state index contributed by atoms with van der Waals surface area (Å²) >= 11 is 12.3. The highest BCUT2D eigenvalue weighted by Crippen LogP contribution is 2.26. The maximum absolute atomic E-state index is 12.0. The molecule has 1 N–H and O–H groups in total. The molecule has 2 nitrogen and oxygen atoms in total. The summed E-state index contributed by atoms with van der Waals surface area (Å²) in [7, 11) is 0. The van der Waals surface area contributed by atoms with Gasteiger partial charge in [0.15, 0.2) is 6.10 Å². The molecule has 96 valence electrons. The quantitative estimate of drug-likeness (QED) is 0.923. The Morgan fingerprint density at radius 2 is 2.06 bits per heavy atom. The minimum Gasteiger partial charge on any atom is -0.383 e. The van der Waals surface area contributed by atoms with Gasteiger partial charge < -0.3 is 5.11 Å². The van der Waals surface area contributed by atoms with Crippen molar-refractivity contribution in [1.82, 2.24) is 4.98 Å². The van der Waals surface area contributed by atoms with Crippen LogP contribution < -0.4 is 0 Å². The molecule has 1 atom stereocenters. The molecule has 0 unspecified atom stereocenters. The van der Waals surface area contributed by atoms with Crippen LogP contribution in [0.4, 0.5) is 13.2 Å². The number of hydrogen-bond donors (Lipinski definition) is 1. The lowest BCUT2D eigenvalue weighted by molar-refractivity contribution is -0.195. The van der Waals surface area contributed by atoms with Crippen molar-refractivity contribution in [3.8, 4) is 0 Å². The number of rotatable bonds is 4. The molecule has 0 aliphatic heterocycles. The maximum atomic E-state index is 12.0. The van der Waals surface area contributed by atoms with Gasteiger partial charge in [0.2, 0.25) is 0 Å². The minimum absolute atomic E-state index is 0.184. The molecule has 0 aliphatic carbocycles.